The van der Waals surface area contributed by atoms with Gasteiger partial charge in [0.05, 0.1) is 16.5 Å². The van der Waals surface area contributed by atoms with Crippen LogP contribution in [0.4, 0.5) is 5.82 Å². The summed E-state index contributed by atoms with van der Waals surface area (Å²) in [5, 5.41) is 7.39. The number of aryl methyl sites for hydroxylation is 1. The molecule has 170 valence electrons. The quantitative estimate of drug-likeness (QED) is 0.326. The van der Waals surface area contributed by atoms with E-state index in [0.717, 1.165) is 39.3 Å². The Morgan fingerprint density at radius 3 is 2.65 bits per heavy atom. The van der Waals surface area contributed by atoms with Crippen molar-refractivity contribution in [1.29, 1.82) is 0 Å². The summed E-state index contributed by atoms with van der Waals surface area (Å²) >= 11 is 1.36. The molecular weight excluding hydrogens is 446 g/mol. The zero-order chi connectivity index (χ0) is 23.3. The van der Waals surface area contributed by atoms with E-state index in [1.807, 2.05) is 67.6 Å². The highest BCUT2D eigenvalue weighted by atomic mass is 32.1. The number of anilines is 1. The summed E-state index contributed by atoms with van der Waals surface area (Å²) in [6.07, 6.45) is 5.70. The molecule has 1 atom stereocenters. The minimum absolute atomic E-state index is 0.176. The van der Waals surface area contributed by atoms with E-state index in [2.05, 4.69) is 25.6 Å². The van der Waals surface area contributed by atoms with Crippen LogP contribution >= 0.6 is 11.3 Å². The maximum atomic E-state index is 13.4. The lowest BCUT2D eigenvalue weighted by Gasteiger charge is -2.17. The highest BCUT2D eigenvalue weighted by Gasteiger charge is 2.24. The van der Waals surface area contributed by atoms with Gasteiger partial charge >= 0.3 is 0 Å². The van der Waals surface area contributed by atoms with Gasteiger partial charge in [0.25, 0.3) is 5.91 Å². The molecule has 0 spiro atoms. The van der Waals surface area contributed by atoms with Crippen LogP contribution in [0, 0.1) is 6.92 Å². The molecule has 0 aliphatic carbocycles. The zero-order valence-electron chi connectivity index (χ0n) is 18.6. The third-order valence-corrected chi connectivity index (χ3v) is 6.77. The van der Waals surface area contributed by atoms with Crippen molar-refractivity contribution in [3.05, 3.63) is 107 Å². The Kier molecular flexibility index (Phi) is 6.31. The molecule has 5 rings (SSSR count). The third-order valence-electron chi connectivity index (χ3n) is 5.57. The number of nitrogens with zero attached hydrogens (tertiary/aromatic N) is 3. The lowest BCUT2D eigenvalue weighted by Crippen LogP contribution is -2.28. The molecule has 1 aromatic carbocycles. The van der Waals surface area contributed by atoms with E-state index in [4.69, 9.17) is 4.42 Å². The van der Waals surface area contributed by atoms with E-state index in [1.54, 1.807) is 12.5 Å². The van der Waals surface area contributed by atoms with Gasteiger partial charge in [-0.25, -0.2) is 9.97 Å². The van der Waals surface area contributed by atoms with Crippen LogP contribution in [0.2, 0.25) is 0 Å². The average Bonchev–Trinajstić information content (AvgIpc) is 3.52. The molecule has 4 heterocycles. The van der Waals surface area contributed by atoms with Crippen molar-refractivity contribution >= 4 is 33.3 Å². The molecule has 4 aromatic heterocycles. The third kappa shape index (κ3) is 4.53. The number of furan rings is 1. The monoisotopic (exact) mass is 469 g/mol. The van der Waals surface area contributed by atoms with E-state index < -0.39 is 6.04 Å². The molecule has 0 saturated heterocycles. The fourth-order valence-corrected chi connectivity index (χ4v) is 4.95. The molecule has 7 nitrogen and oxygen atoms in total. The largest absolute Gasteiger partial charge is 0.467 e. The summed E-state index contributed by atoms with van der Waals surface area (Å²) in [6.45, 7) is 2.61. The lowest BCUT2D eigenvalue weighted by atomic mass is 10.0. The van der Waals surface area contributed by atoms with Crippen molar-refractivity contribution in [2.75, 3.05) is 11.9 Å². The first-order chi connectivity index (χ1) is 16.7. The van der Waals surface area contributed by atoms with Crippen LogP contribution in [0.25, 0.3) is 10.2 Å². The minimum Gasteiger partial charge on any atom is -0.467 e. The highest BCUT2D eigenvalue weighted by molar-refractivity contribution is 7.20. The number of aromatic nitrogens is 3. The van der Waals surface area contributed by atoms with Crippen LogP contribution < -0.4 is 10.6 Å². The Morgan fingerprint density at radius 1 is 1.03 bits per heavy atom. The van der Waals surface area contributed by atoms with Gasteiger partial charge in [-0.2, -0.15) is 0 Å². The normalized spacial score (nSPS) is 11.9. The van der Waals surface area contributed by atoms with Crippen LogP contribution in [0.1, 0.15) is 38.3 Å². The number of rotatable bonds is 8. The first kappa shape index (κ1) is 21.8. The van der Waals surface area contributed by atoms with Crippen molar-refractivity contribution in [3.8, 4) is 0 Å². The van der Waals surface area contributed by atoms with Crippen molar-refractivity contribution in [2.24, 2.45) is 0 Å². The Balaban J connectivity index is 1.39. The van der Waals surface area contributed by atoms with Crippen molar-refractivity contribution in [1.82, 2.24) is 20.3 Å². The summed E-state index contributed by atoms with van der Waals surface area (Å²) in [4.78, 5) is 28.0. The van der Waals surface area contributed by atoms with Crippen molar-refractivity contribution < 1.29 is 9.21 Å². The number of amides is 1. The number of carbonyl (C=O) groups excluding carboxylic acids is 1. The number of pyridine rings is 1. The fraction of sp³-hybridized carbons (Fsp3) is 0.154. The molecule has 0 bridgehead atoms. The van der Waals surface area contributed by atoms with Gasteiger partial charge in [0.1, 0.15) is 28.8 Å². The molecule has 2 N–H and O–H groups in total. The maximum Gasteiger partial charge on any atom is 0.262 e. The fourth-order valence-electron chi connectivity index (χ4n) is 3.89. The van der Waals surface area contributed by atoms with Crippen LogP contribution in [0.5, 0.6) is 0 Å². The van der Waals surface area contributed by atoms with Crippen LogP contribution in [-0.2, 0) is 6.42 Å². The SMILES string of the molecule is Cc1c(C(=O)NC(c2ccccc2)c2ccco2)sc2ncnc(NCCc3ccccn3)c12. The molecule has 0 aliphatic heterocycles. The lowest BCUT2D eigenvalue weighted by molar-refractivity contribution is 0.0942. The molecule has 1 amide bonds. The highest BCUT2D eigenvalue weighted by Crippen LogP contribution is 2.34. The number of carbonyl (C=O) groups is 1. The Hall–Kier alpha value is -4.04. The van der Waals surface area contributed by atoms with Crippen LogP contribution in [0.15, 0.2) is 83.9 Å². The summed E-state index contributed by atoms with van der Waals surface area (Å²) in [5.41, 5.74) is 2.80. The molecule has 0 saturated carbocycles. The zero-order valence-corrected chi connectivity index (χ0v) is 19.4. The molecule has 0 fully saturated rings. The van der Waals surface area contributed by atoms with Gasteiger partial charge in [0, 0.05) is 24.9 Å². The topological polar surface area (TPSA) is 92.9 Å². The van der Waals surface area contributed by atoms with Gasteiger partial charge in [-0.1, -0.05) is 36.4 Å². The number of thiophene rings is 1. The summed E-state index contributed by atoms with van der Waals surface area (Å²) in [5.74, 6) is 1.22. The number of benzene rings is 1. The maximum absolute atomic E-state index is 13.4. The number of nitrogens with one attached hydrogen (secondary N) is 2. The second kappa shape index (κ2) is 9.84. The molecule has 8 heteroatoms. The summed E-state index contributed by atoms with van der Waals surface area (Å²) < 4.78 is 5.63. The van der Waals surface area contributed by atoms with Gasteiger partial charge < -0.3 is 15.1 Å². The van der Waals surface area contributed by atoms with Crippen molar-refractivity contribution in [2.45, 2.75) is 19.4 Å². The van der Waals surface area contributed by atoms with Gasteiger partial charge in [0.2, 0.25) is 0 Å². The van der Waals surface area contributed by atoms with E-state index >= 15 is 0 Å². The van der Waals surface area contributed by atoms with E-state index in [0.29, 0.717) is 17.2 Å². The number of fused-ring (bicyclic) bond motifs is 1. The molecule has 0 aliphatic rings. The Bertz CT molecular complexity index is 1390. The molecule has 34 heavy (non-hydrogen) atoms. The predicted octanol–water partition coefficient (Wildman–Crippen LogP) is 5.16. The standard InChI is InChI=1S/C26H23N5O2S/c1-17-21-24(28-14-12-19-10-5-6-13-27-19)29-16-30-26(21)34-23(17)25(32)31-22(20-11-7-15-33-20)18-8-3-2-4-9-18/h2-11,13,15-16,22H,12,14H2,1H3,(H,31,32)(H,28,29,30). The van der Waals surface area contributed by atoms with Gasteiger partial charge in [-0.3, -0.25) is 9.78 Å². The second-order valence-electron chi connectivity index (χ2n) is 7.79. The predicted molar refractivity (Wildman–Crippen MR) is 133 cm³/mol. The smallest absolute Gasteiger partial charge is 0.262 e. The van der Waals surface area contributed by atoms with Crippen LogP contribution in [0.3, 0.4) is 0 Å². The van der Waals surface area contributed by atoms with Gasteiger partial charge in [0.15, 0.2) is 0 Å². The molecule has 1 unspecified atom stereocenters. The summed E-state index contributed by atoms with van der Waals surface area (Å²) in [6, 6.07) is 19.0. The number of hydrogen-bond donors (Lipinski definition) is 2. The Morgan fingerprint density at radius 2 is 1.88 bits per heavy atom. The van der Waals surface area contributed by atoms with Gasteiger partial charge in [-0.15, -0.1) is 11.3 Å². The average molecular weight is 470 g/mol. The van der Waals surface area contributed by atoms with E-state index in [9.17, 15) is 4.79 Å². The van der Waals surface area contributed by atoms with Crippen LogP contribution in [-0.4, -0.2) is 27.4 Å². The number of hydrogen-bond acceptors (Lipinski definition) is 7. The minimum atomic E-state index is -0.393. The summed E-state index contributed by atoms with van der Waals surface area (Å²) in [7, 11) is 0. The van der Waals surface area contributed by atoms with E-state index in [1.165, 1.54) is 17.7 Å². The molecule has 0 radical (unpaired) electrons. The first-order valence-electron chi connectivity index (χ1n) is 11.0. The van der Waals surface area contributed by atoms with Crippen molar-refractivity contribution in [3.63, 3.8) is 0 Å². The Labute approximate surface area is 200 Å². The van der Waals surface area contributed by atoms with Gasteiger partial charge in [-0.05, 0) is 42.3 Å². The molecular formula is C26H23N5O2S. The van der Waals surface area contributed by atoms with E-state index in [-0.39, 0.29) is 5.91 Å². The molecule has 5 aromatic rings. The second-order valence-corrected chi connectivity index (χ2v) is 8.79. The first-order valence-corrected chi connectivity index (χ1v) is 11.8.